The summed E-state index contributed by atoms with van der Waals surface area (Å²) in [7, 11) is -3.80. The predicted molar refractivity (Wildman–Crippen MR) is 102 cm³/mol. The summed E-state index contributed by atoms with van der Waals surface area (Å²) in [6.07, 6.45) is 3.69. The van der Waals surface area contributed by atoms with Gasteiger partial charge in [0.05, 0.1) is 10.5 Å². The summed E-state index contributed by atoms with van der Waals surface area (Å²) in [5, 5.41) is 7.52. The molecule has 0 saturated heterocycles. The zero-order valence-corrected chi connectivity index (χ0v) is 15.4. The number of aromatic nitrogens is 1. The molecule has 0 aliphatic heterocycles. The van der Waals surface area contributed by atoms with Crippen molar-refractivity contribution in [2.45, 2.75) is 4.90 Å². The van der Waals surface area contributed by atoms with Gasteiger partial charge in [-0.2, -0.15) is 0 Å². The minimum Gasteiger partial charge on any atom is -0.452 e. The predicted octanol–water partition coefficient (Wildman–Crippen LogP) is 1.92. The fourth-order valence-electron chi connectivity index (χ4n) is 2.44. The van der Waals surface area contributed by atoms with Crippen LogP contribution >= 0.6 is 0 Å². The Morgan fingerprint density at radius 2 is 1.68 bits per heavy atom. The number of nitrogens with one attached hydrogen (secondary N) is 1. The number of ether oxygens (including phenoxy) is 1. The first-order valence-corrected chi connectivity index (χ1v) is 9.71. The fourth-order valence-corrected chi connectivity index (χ4v) is 2.96. The number of nitrogens with two attached hydrogens (primary N) is 1. The molecule has 0 spiro atoms. The van der Waals surface area contributed by atoms with Gasteiger partial charge in [0.25, 0.3) is 5.91 Å². The minimum atomic E-state index is -3.80. The Bertz CT molecular complexity index is 1090. The van der Waals surface area contributed by atoms with Crippen LogP contribution in [-0.2, 0) is 19.6 Å². The average Bonchev–Trinajstić information content (AvgIpc) is 3.21. The van der Waals surface area contributed by atoms with Crippen LogP contribution in [0.3, 0.4) is 0 Å². The molecule has 0 bridgehead atoms. The smallest absolute Gasteiger partial charge is 0.338 e. The lowest BCUT2D eigenvalue weighted by atomic mass is 10.2. The van der Waals surface area contributed by atoms with Gasteiger partial charge in [0.2, 0.25) is 10.0 Å². The maximum absolute atomic E-state index is 12.2. The van der Waals surface area contributed by atoms with E-state index in [2.05, 4.69) is 5.32 Å². The van der Waals surface area contributed by atoms with Crippen LogP contribution in [-0.4, -0.2) is 31.5 Å². The highest BCUT2D eigenvalue weighted by atomic mass is 32.2. The number of anilines is 1. The molecular weight excluding hydrogens is 382 g/mol. The number of esters is 1. The number of amides is 1. The van der Waals surface area contributed by atoms with Gasteiger partial charge in [-0.1, -0.05) is 6.07 Å². The Morgan fingerprint density at radius 3 is 2.32 bits per heavy atom. The van der Waals surface area contributed by atoms with Crippen LogP contribution in [0.2, 0.25) is 0 Å². The highest BCUT2D eigenvalue weighted by Crippen LogP contribution is 2.14. The number of primary sulfonamides is 1. The molecule has 1 heterocycles. The highest BCUT2D eigenvalue weighted by Gasteiger charge is 2.12. The van der Waals surface area contributed by atoms with E-state index in [-0.39, 0.29) is 4.90 Å². The van der Waals surface area contributed by atoms with E-state index in [0.717, 1.165) is 5.69 Å². The van der Waals surface area contributed by atoms with Gasteiger partial charge in [0, 0.05) is 23.8 Å². The normalized spacial score (nSPS) is 11.0. The van der Waals surface area contributed by atoms with Gasteiger partial charge in [-0.05, 0) is 54.6 Å². The molecular formula is C19H17N3O5S. The summed E-state index contributed by atoms with van der Waals surface area (Å²) < 4.78 is 29.3. The zero-order valence-electron chi connectivity index (χ0n) is 14.6. The van der Waals surface area contributed by atoms with Gasteiger partial charge in [0.15, 0.2) is 6.61 Å². The van der Waals surface area contributed by atoms with Crippen molar-refractivity contribution in [2.24, 2.45) is 5.14 Å². The Balaban J connectivity index is 1.57. The number of carbonyl (C=O) groups is 2. The number of carbonyl (C=O) groups excluding carboxylic acids is 2. The maximum atomic E-state index is 12.2. The van der Waals surface area contributed by atoms with Crippen LogP contribution in [0.4, 0.5) is 5.69 Å². The minimum absolute atomic E-state index is 0.0699. The molecule has 2 aromatic carbocycles. The quantitative estimate of drug-likeness (QED) is 0.614. The van der Waals surface area contributed by atoms with Gasteiger partial charge in [0.1, 0.15) is 0 Å². The third kappa shape index (κ3) is 4.84. The van der Waals surface area contributed by atoms with E-state index in [1.807, 2.05) is 35.2 Å². The van der Waals surface area contributed by atoms with Crippen molar-refractivity contribution in [3.8, 4) is 5.69 Å². The van der Waals surface area contributed by atoms with Crippen molar-refractivity contribution >= 4 is 27.6 Å². The van der Waals surface area contributed by atoms with Gasteiger partial charge in [-0.15, -0.1) is 0 Å². The van der Waals surface area contributed by atoms with Crippen LogP contribution < -0.4 is 10.5 Å². The molecule has 3 N–H and O–H groups in total. The van der Waals surface area contributed by atoms with E-state index < -0.39 is 28.5 Å². The molecule has 9 heteroatoms. The second-order valence-electron chi connectivity index (χ2n) is 5.83. The molecule has 0 radical (unpaired) electrons. The molecule has 1 amide bonds. The zero-order chi connectivity index (χ0) is 20.1. The van der Waals surface area contributed by atoms with Crippen molar-refractivity contribution in [1.29, 1.82) is 0 Å². The fraction of sp³-hybridized carbons (Fsp3) is 0.0526. The summed E-state index contributed by atoms with van der Waals surface area (Å²) in [6, 6.07) is 15.9. The van der Waals surface area contributed by atoms with Crippen molar-refractivity contribution in [1.82, 2.24) is 4.57 Å². The number of nitrogens with zero attached hydrogens (tertiary/aromatic N) is 1. The standard InChI is InChI=1S/C19H17N3O5S/c20-28(25,26)17-8-6-15(7-9-17)21-18(23)13-27-19(24)14-4-3-5-16(12-14)22-10-1-2-11-22/h1-12H,13H2,(H,21,23)(H2,20,25,26). The topological polar surface area (TPSA) is 120 Å². The molecule has 144 valence electrons. The summed E-state index contributed by atoms with van der Waals surface area (Å²) in [5.41, 5.74) is 1.46. The summed E-state index contributed by atoms with van der Waals surface area (Å²) >= 11 is 0. The Hall–Kier alpha value is -3.43. The number of rotatable bonds is 6. The largest absolute Gasteiger partial charge is 0.452 e. The first-order valence-electron chi connectivity index (χ1n) is 8.16. The van der Waals surface area contributed by atoms with Crippen molar-refractivity contribution in [3.05, 3.63) is 78.6 Å². The molecule has 8 nitrogen and oxygen atoms in total. The number of hydrogen-bond acceptors (Lipinski definition) is 5. The average molecular weight is 399 g/mol. The summed E-state index contributed by atoms with van der Waals surface area (Å²) in [5.74, 6) is -1.19. The van der Waals surface area contributed by atoms with Gasteiger partial charge >= 0.3 is 5.97 Å². The maximum Gasteiger partial charge on any atom is 0.338 e. The lowest BCUT2D eigenvalue weighted by molar-refractivity contribution is -0.119. The second-order valence-corrected chi connectivity index (χ2v) is 7.40. The number of hydrogen-bond donors (Lipinski definition) is 2. The van der Waals surface area contributed by atoms with E-state index in [4.69, 9.17) is 9.88 Å². The summed E-state index contributed by atoms with van der Waals surface area (Å²) in [4.78, 5) is 24.1. The van der Waals surface area contributed by atoms with E-state index in [9.17, 15) is 18.0 Å². The molecule has 3 aromatic rings. The molecule has 3 rings (SSSR count). The third-order valence-electron chi connectivity index (χ3n) is 3.79. The molecule has 0 fully saturated rings. The van der Waals surface area contributed by atoms with Crippen LogP contribution in [0.25, 0.3) is 5.69 Å². The van der Waals surface area contributed by atoms with Crippen LogP contribution in [0.1, 0.15) is 10.4 Å². The Morgan fingerprint density at radius 1 is 1.00 bits per heavy atom. The van der Waals surface area contributed by atoms with E-state index >= 15 is 0 Å². The third-order valence-corrected chi connectivity index (χ3v) is 4.71. The number of sulfonamides is 1. The van der Waals surface area contributed by atoms with E-state index in [0.29, 0.717) is 11.3 Å². The Labute approximate surface area is 161 Å². The highest BCUT2D eigenvalue weighted by molar-refractivity contribution is 7.89. The first kappa shape index (κ1) is 19.3. The van der Waals surface area contributed by atoms with Crippen molar-refractivity contribution in [2.75, 3.05) is 11.9 Å². The molecule has 0 atom stereocenters. The van der Waals surface area contributed by atoms with Crippen LogP contribution in [0.15, 0.2) is 78.0 Å². The molecule has 1 aromatic heterocycles. The molecule has 0 saturated carbocycles. The van der Waals surface area contributed by atoms with Crippen LogP contribution in [0, 0.1) is 0 Å². The van der Waals surface area contributed by atoms with E-state index in [1.54, 1.807) is 18.2 Å². The molecule has 28 heavy (non-hydrogen) atoms. The molecule has 0 aliphatic rings. The van der Waals surface area contributed by atoms with Crippen molar-refractivity contribution < 1.29 is 22.7 Å². The molecule has 0 aliphatic carbocycles. The Kier molecular flexibility index (Phi) is 5.57. The lowest BCUT2D eigenvalue weighted by Crippen LogP contribution is -2.21. The van der Waals surface area contributed by atoms with Gasteiger partial charge in [-0.25, -0.2) is 18.4 Å². The SMILES string of the molecule is NS(=O)(=O)c1ccc(NC(=O)COC(=O)c2cccc(-n3cccc3)c2)cc1. The second kappa shape index (κ2) is 8.07. The van der Waals surface area contributed by atoms with E-state index in [1.165, 1.54) is 24.3 Å². The van der Waals surface area contributed by atoms with Crippen molar-refractivity contribution in [3.63, 3.8) is 0 Å². The lowest BCUT2D eigenvalue weighted by Gasteiger charge is -2.08. The van der Waals surface area contributed by atoms with Gasteiger partial charge < -0.3 is 14.6 Å². The first-order chi connectivity index (χ1) is 13.3. The van der Waals surface area contributed by atoms with Gasteiger partial charge in [-0.3, -0.25) is 4.79 Å². The number of benzene rings is 2. The van der Waals surface area contributed by atoms with Crippen LogP contribution in [0.5, 0.6) is 0 Å². The summed E-state index contributed by atoms with van der Waals surface area (Å²) in [6.45, 7) is -0.483. The molecule has 0 unspecified atom stereocenters. The monoisotopic (exact) mass is 399 g/mol.